The second kappa shape index (κ2) is 7.05. The molecule has 0 atom stereocenters. The number of hydrogen-bond acceptors (Lipinski definition) is 3. The number of carbonyl (C=O) groups excluding carboxylic acids is 1. The Labute approximate surface area is 148 Å². The molecule has 0 radical (unpaired) electrons. The molecular formula is C20H24N4O. The molecule has 130 valence electrons. The molecular weight excluding hydrogens is 312 g/mol. The Morgan fingerprint density at radius 1 is 1.24 bits per heavy atom. The lowest BCUT2D eigenvalue weighted by Gasteiger charge is -2.17. The summed E-state index contributed by atoms with van der Waals surface area (Å²) < 4.78 is 1.78. The minimum absolute atomic E-state index is 0.0191. The molecule has 0 aliphatic carbocycles. The topological polar surface area (TPSA) is 51.0 Å². The van der Waals surface area contributed by atoms with Crippen molar-refractivity contribution >= 4 is 16.8 Å². The SMILES string of the molecule is CCn1nc(C(C)C)cc1C(=O)N(C)Cc1cnc2ccccc2c1. The van der Waals surface area contributed by atoms with E-state index in [2.05, 4.69) is 30.0 Å². The highest BCUT2D eigenvalue weighted by molar-refractivity contribution is 5.92. The Bertz CT molecular complexity index is 898. The van der Waals surface area contributed by atoms with Crippen LogP contribution in [-0.4, -0.2) is 32.6 Å². The molecule has 5 heteroatoms. The molecule has 0 bridgehead atoms. The lowest BCUT2D eigenvalue weighted by molar-refractivity contribution is 0.0772. The number of aryl methyl sites for hydroxylation is 1. The predicted molar refractivity (Wildman–Crippen MR) is 99.5 cm³/mol. The quantitative estimate of drug-likeness (QED) is 0.711. The van der Waals surface area contributed by atoms with Crippen molar-refractivity contribution in [2.24, 2.45) is 0 Å². The van der Waals surface area contributed by atoms with Crippen LogP contribution in [0.1, 0.15) is 48.4 Å². The fraction of sp³-hybridized carbons (Fsp3) is 0.350. The molecule has 0 N–H and O–H groups in total. The fourth-order valence-electron chi connectivity index (χ4n) is 2.88. The summed E-state index contributed by atoms with van der Waals surface area (Å²) in [6.45, 7) is 7.37. The van der Waals surface area contributed by atoms with Gasteiger partial charge in [-0.05, 0) is 36.6 Å². The minimum atomic E-state index is -0.0191. The summed E-state index contributed by atoms with van der Waals surface area (Å²) in [7, 11) is 1.82. The summed E-state index contributed by atoms with van der Waals surface area (Å²) in [6, 6.07) is 12.0. The van der Waals surface area contributed by atoms with Crippen LogP contribution in [0.5, 0.6) is 0 Å². The Morgan fingerprint density at radius 3 is 2.72 bits per heavy atom. The molecule has 0 unspecified atom stereocenters. The first-order valence-electron chi connectivity index (χ1n) is 8.66. The molecule has 0 fully saturated rings. The summed E-state index contributed by atoms with van der Waals surface area (Å²) in [4.78, 5) is 19.1. The second-order valence-corrected chi connectivity index (χ2v) is 6.62. The highest BCUT2D eigenvalue weighted by atomic mass is 16.2. The molecule has 0 saturated carbocycles. The van der Waals surface area contributed by atoms with Crippen LogP contribution in [0.25, 0.3) is 10.9 Å². The zero-order chi connectivity index (χ0) is 18.0. The third-order valence-electron chi connectivity index (χ3n) is 4.32. The number of hydrogen-bond donors (Lipinski definition) is 0. The molecule has 0 aliphatic heterocycles. The maximum Gasteiger partial charge on any atom is 0.272 e. The van der Waals surface area contributed by atoms with Crippen molar-refractivity contribution in [2.45, 2.75) is 39.8 Å². The second-order valence-electron chi connectivity index (χ2n) is 6.62. The molecule has 1 amide bonds. The van der Waals surface area contributed by atoms with Crippen LogP contribution in [0.4, 0.5) is 0 Å². The van der Waals surface area contributed by atoms with Gasteiger partial charge in [-0.1, -0.05) is 32.0 Å². The average Bonchev–Trinajstić information content (AvgIpc) is 3.05. The fourth-order valence-corrected chi connectivity index (χ4v) is 2.88. The zero-order valence-corrected chi connectivity index (χ0v) is 15.2. The lowest BCUT2D eigenvalue weighted by atomic mass is 10.1. The molecule has 0 aliphatic rings. The standard InChI is InChI=1S/C20H24N4O/c1-5-24-19(11-18(22-24)14(2)3)20(25)23(4)13-15-10-16-8-6-7-9-17(16)21-12-15/h6-12,14H,5,13H2,1-4H3. The van der Waals surface area contributed by atoms with Crippen LogP contribution in [0.2, 0.25) is 0 Å². The van der Waals surface area contributed by atoms with Gasteiger partial charge < -0.3 is 4.90 Å². The summed E-state index contributed by atoms with van der Waals surface area (Å²) in [5.41, 5.74) is 3.57. The van der Waals surface area contributed by atoms with Gasteiger partial charge in [0.1, 0.15) is 5.69 Å². The summed E-state index contributed by atoms with van der Waals surface area (Å²) in [5, 5.41) is 5.62. The minimum Gasteiger partial charge on any atom is -0.336 e. The van der Waals surface area contributed by atoms with Crippen LogP contribution in [0.15, 0.2) is 42.6 Å². The van der Waals surface area contributed by atoms with E-state index in [1.165, 1.54) is 0 Å². The third-order valence-corrected chi connectivity index (χ3v) is 4.32. The van der Waals surface area contributed by atoms with Crippen LogP contribution >= 0.6 is 0 Å². The predicted octanol–water partition coefficient (Wildman–Crippen LogP) is 3.85. The number of carbonyl (C=O) groups is 1. The Morgan fingerprint density at radius 2 is 2.00 bits per heavy atom. The van der Waals surface area contributed by atoms with E-state index in [4.69, 9.17) is 0 Å². The van der Waals surface area contributed by atoms with Crippen molar-refractivity contribution in [2.75, 3.05) is 7.05 Å². The van der Waals surface area contributed by atoms with Crippen molar-refractivity contribution in [3.05, 3.63) is 59.5 Å². The molecule has 3 rings (SSSR count). The summed E-state index contributed by atoms with van der Waals surface area (Å²) in [5.74, 6) is 0.281. The number of benzene rings is 1. The van der Waals surface area contributed by atoms with Gasteiger partial charge in [0.15, 0.2) is 0 Å². The monoisotopic (exact) mass is 336 g/mol. The van der Waals surface area contributed by atoms with Crippen molar-refractivity contribution in [1.29, 1.82) is 0 Å². The smallest absolute Gasteiger partial charge is 0.272 e. The van der Waals surface area contributed by atoms with E-state index in [-0.39, 0.29) is 5.91 Å². The number of aromatic nitrogens is 3. The van der Waals surface area contributed by atoms with Crippen molar-refractivity contribution in [3.63, 3.8) is 0 Å². The normalized spacial score (nSPS) is 11.2. The zero-order valence-electron chi connectivity index (χ0n) is 15.2. The van der Waals surface area contributed by atoms with E-state index < -0.39 is 0 Å². The number of amides is 1. The summed E-state index contributed by atoms with van der Waals surface area (Å²) in [6.07, 6.45) is 1.84. The van der Waals surface area contributed by atoms with Gasteiger partial charge in [0, 0.05) is 31.7 Å². The third kappa shape index (κ3) is 3.55. The molecule has 1 aromatic carbocycles. The first kappa shape index (κ1) is 17.1. The van der Waals surface area contributed by atoms with Gasteiger partial charge in [-0.2, -0.15) is 5.10 Å². The van der Waals surface area contributed by atoms with Crippen LogP contribution in [0.3, 0.4) is 0 Å². The van der Waals surface area contributed by atoms with Gasteiger partial charge >= 0.3 is 0 Å². The molecule has 2 heterocycles. The summed E-state index contributed by atoms with van der Waals surface area (Å²) >= 11 is 0. The molecule has 2 aromatic heterocycles. The van der Waals surface area contributed by atoms with Crippen LogP contribution < -0.4 is 0 Å². The average molecular weight is 336 g/mol. The lowest BCUT2D eigenvalue weighted by Crippen LogP contribution is -2.28. The van der Waals surface area contributed by atoms with E-state index >= 15 is 0 Å². The molecule has 3 aromatic rings. The van der Waals surface area contributed by atoms with E-state index in [9.17, 15) is 4.79 Å². The van der Waals surface area contributed by atoms with Gasteiger partial charge in [-0.3, -0.25) is 14.5 Å². The Kier molecular flexibility index (Phi) is 4.83. The van der Waals surface area contributed by atoms with Gasteiger partial charge in [-0.25, -0.2) is 0 Å². The largest absolute Gasteiger partial charge is 0.336 e. The van der Waals surface area contributed by atoms with Gasteiger partial charge in [0.2, 0.25) is 0 Å². The molecule has 25 heavy (non-hydrogen) atoms. The Hall–Kier alpha value is -2.69. The van der Waals surface area contributed by atoms with Crippen molar-refractivity contribution in [3.8, 4) is 0 Å². The molecule has 0 saturated heterocycles. The number of pyridine rings is 1. The number of nitrogens with zero attached hydrogens (tertiary/aromatic N) is 4. The van der Waals surface area contributed by atoms with Gasteiger partial charge in [0.25, 0.3) is 5.91 Å². The highest BCUT2D eigenvalue weighted by Gasteiger charge is 2.19. The van der Waals surface area contributed by atoms with E-state index in [0.29, 0.717) is 24.7 Å². The molecule has 0 spiro atoms. The van der Waals surface area contributed by atoms with Crippen LogP contribution in [-0.2, 0) is 13.1 Å². The number of rotatable bonds is 5. The van der Waals surface area contributed by atoms with Crippen LogP contribution in [0, 0.1) is 0 Å². The number of fused-ring (bicyclic) bond motifs is 1. The highest BCUT2D eigenvalue weighted by Crippen LogP contribution is 2.18. The van der Waals surface area contributed by atoms with Gasteiger partial charge in [0.05, 0.1) is 11.2 Å². The van der Waals surface area contributed by atoms with E-state index in [1.54, 1.807) is 9.58 Å². The maximum absolute atomic E-state index is 12.9. The molecule has 5 nitrogen and oxygen atoms in total. The van der Waals surface area contributed by atoms with Crippen molar-refractivity contribution < 1.29 is 4.79 Å². The Balaban J connectivity index is 1.82. The number of para-hydroxylation sites is 1. The van der Waals surface area contributed by atoms with E-state index in [1.807, 2.05) is 50.5 Å². The van der Waals surface area contributed by atoms with E-state index in [0.717, 1.165) is 22.2 Å². The maximum atomic E-state index is 12.9. The first-order valence-corrected chi connectivity index (χ1v) is 8.66. The van der Waals surface area contributed by atoms with Gasteiger partial charge in [-0.15, -0.1) is 0 Å². The first-order chi connectivity index (χ1) is 12.0. The van der Waals surface area contributed by atoms with Crippen molar-refractivity contribution in [1.82, 2.24) is 19.7 Å².